The van der Waals surface area contributed by atoms with Crippen LogP contribution in [0.15, 0.2) is 0 Å². The molecule has 0 aliphatic carbocycles. The smallest absolute Gasteiger partial charge is 0.169 e. The van der Waals surface area contributed by atoms with Gasteiger partial charge in [0, 0.05) is 6.61 Å². The van der Waals surface area contributed by atoms with Crippen molar-refractivity contribution in [1.82, 2.24) is 0 Å². The molecule has 1 aliphatic rings. The second-order valence-electron chi connectivity index (χ2n) is 1.94. The van der Waals surface area contributed by atoms with E-state index in [0.717, 1.165) is 6.61 Å². The van der Waals surface area contributed by atoms with E-state index >= 15 is 0 Å². The second kappa shape index (κ2) is 3.01. The summed E-state index contributed by atoms with van der Waals surface area (Å²) in [5.74, 6) is 0. The Morgan fingerprint density at radius 2 is 2.00 bits per heavy atom. The lowest BCUT2D eigenvalue weighted by molar-refractivity contribution is 0.0726. The van der Waals surface area contributed by atoms with Crippen molar-refractivity contribution in [3.05, 3.63) is 0 Å². The highest BCUT2D eigenvalue weighted by Gasteiger charge is 2.25. The molecule has 1 saturated heterocycles. The van der Waals surface area contributed by atoms with Crippen molar-refractivity contribution in [2.45, 2.75) is 20.9 Å². The van der Waals surface area contributed by atoms with Crippen LogP contribution in [0.3, 0.4) is 0 Å². The van der Waals surface area contributed by atoms with Gasteiger partial charge in [-0.25, -0.2) is 0 Å². The zero-order valence-electron chi connectivity index (χ0n) is 4.49. The highest BCUT2D eigenvalue weighted by Crippen LogP contribution is 2.37. The number of hydrogen-bond donors (Lipinski definition) is 0. The third-order valence-corrected chi connectivity index (χ3v) is 2.88. The van der Waals surface area contributed by atoms with E-state index in [0.29, 0.717) is 0 Å². The summed E-state index contributed by atoms with van der Waals surface area (Å²) < 4.78 is 5.56. The molecular weight excluding hydrogens is 330 g/mol. The van der Waals surface area contributed by atoms with Gasteiger partial charge in [0.15, 0.2) is 1.61 Å². The summed E-state index contributed by atoms with van der Waals surface area (Å²) in [5, 5.41) is 0. The Kier molecular flexibility index (Phi) is 2.83. The van der Waals surface area contributed by atoms with Crippen molar-refractivity contribution < 1.29 is 4.74 Å². The first-order chi connectivity index (χ1) is 3.71. The maximum Gasteiger partial charge on any atom is 0.169 e. The van der Waals surface area contributed by atoms with Crippen LogP contribution in [-0.2, 0) is 4.74 Å². The minimum absolute atomic E-state index is 0.119. The lowest BCUT2D eigenvalue weighted by Crippen LogP contribution is -2.21. The van der Waals surface area contributed by atoms with Crippen molar-refractivity contribution in [3.63, 3.8) is 0 Å². The largest absolute Gasteiger partial charge is 0.355 e. The Balaban J connectivity index is 2.33. The van der Waals surface area contributed by atoms with Crippen molar-refractivity contribution in [2.24, 2.45) is 0 Å². The predicted octanol–water partition coefficient (Wildman–Crippen LogP) is 2.71. The number of rotatable bonds is 0. The van der Waals surface area contributed by atoms with Gasteiger partial charge in [-0.2, -0.15) is 0 Å². The van der Waals surface area contributed by atoms with Crippen LogP contribution in [0.4, 0.5) is 0 Å². The molecule has 1 aliphatic heterocycles. The molecular formula is C5H8I2O. The number of halogens is 2. The Bertz CT molecular complexity index is 74.5. The minimum Gasteiger partial charge on any atom is -0.355 e. The van der Waals surface area contributed by atoms with E-state index in [1.54, 1.807) is 0 Å². The van der Waals surface area contributed by atoms with Crippen LogP contribution in [0, 0.1) is 0 Å². The molecule has 0 radical (unpaired) electrons. The van der Waals surface area contributed by atoms with Gasteiger partial charge in [0.2, 0.25) is 0 Å². The Morgan fingerprint density at radius 1 is 1.25 bits per heavy atom. The van der Waals surface area contributed by atoms with Gasteiger partial charge in [-0.05, 0) is 64.4 Å². The Hall–Kier alpha value is 1.42. The number of ether oxygens (including phenoxy) is 1. The standard InChI is InChI=1S/C5H8I2O/c6-5(7)3-1-2-4-8-5/h1-4H2. The van der Waals surface area contributed by atoms with Gasteiger partial charge >= 0.3 is 0 Å². The maximum absolute atomic E-state index is 5.44. The molecule has 0 aromatic rings. The highest BCUT2D eigenvalue weighted by molar-refractivity contribution is 14.2. The minimum atomic E-state index is 0.119. The summed E-state index contributed by atoms with van der Waals surface area (Å²) in [6.07, 6.45) is 3.77. The van der Waals surface area contributed by atoms with Crippen LogP contribution in [-0.4, -0.2) is 8.22 Å². The molecule has 48 valence electrons. The molecule has 0 N–H and O–H groups in total. The fraction of sp³-hybridized carbons (Fsp3) is 1.00. The Morgan fingerprint density at radius 3 is 2.25 bits per heavy atom. The molecule has 8 heavy (non-hydrogen) atoms. The normalized spacial score (nSPS) is 27.8. The molecule has 0 saturated carbocycles. The Labute approximate surface area is 76.8 Å². The third kappa shape index (κ3) is 2.34. The van der Waals surface area contributed by atoms with E-state index in [2.05, 4.69) is 45.2 Å². The van der Waals surface area contributed by atoms with Crippen molar-refractivity contribution in [1.29, 1.82) is 0 Å². The average Bonchev–Trinajstić information content (AvgIpc) is 1.65. The van der Waals surface area contributed by atoms with Crippen LogP contribution in [0.25, 0.3) is 0 Å². The molecule has 0 bridgehead atoms. The van der Waals surface area contributed by atoms with Crippen LogP contribution in [0.1, 0.15) is 19.3 Å². The fourth-order valence-corrected chi connectivity index (χ4v) is 1.93. The van der Waals surface area contributed by atoms with E-state index in [9.17, 15) is 0 Å². The summed E-state index contributed by atoms with van der Waals surface area (Å²) in [4.78, 5) is 0. The zero-order valence-corrected chi connectivity index (χ0v) is 8.81. The number of alkyl halides is 2. The molecule has 1 fully saturated rings. The molecule has 0 aromatic carbocycles. The first kappa shape index (κ1) is 7.53. The predicted molar refractivity (Wildman–Crippen MR) is 50.6 cm³/mol. The van der Waals surface area contributed by atoms with Crippen LogP contribution in [0.2, 0.25) is 0 Å². The van der Waals surface area contributed by atoms with Crippen molar-refractivity contribution in [2.75, 3.05) is 6.61 Å². The van der Waals surface area contributed by atoms with Gasteiger partial charge < -0.3 is 4.74 Å². The summed E-state index contributed by atoms with van der Waals surface area (Å²) >= 11 is 4.71. The monoisotopic (exact) mass is 338 g/mol. The highest BCUT2D eigenvalue weighted by atomic mass is 127. The molecule has 0 amide bonds. The summed E-state index contributed by atoms with van der Waals surface area (Å²) in [6.45, 7) is 0.950. The summed E-state index contributed by atoms with van der Waals surface area (Å²) in [6, 6.07) is 0. The van der Waals surface area contributed by atoms with E-state index in [-0.39, 0.29) is 1.61 Å². The number of hydrogen-bond acceptors (Lipinski definition) is 1. The zero-order chi connectivity index (χ0) is 6.04. The van der Waals surface area contributed by atoms with Gasteiger partial charge in [0.1, 0.15) is 0 Å². The first-order valence-electron chi connectivity index (χ1n) is 2.72. The fourth-order valence-electron chi connectivity index (χ4n) is 0.727. The van der Waals surface area contributed by atoms with Gasteiger partial charge in [-0.1, -0.05) is 0 Å². The van der Waals surface area contributed by atoms with Gasteiger partial charge in [-0.3, -0.25) is 0 Å². The van der Waals surface area contributed by atoms with Crippen LogP contribution >= 0.6 is 45.2 Å². The van der Waals surface area contributed by atoms with Gasteiger partial charge in [0.25, 0.3) is 0 Å². The SMILES string of the molecule is IC1(I)CCCCO1. The van der Waals surface area contributed by atoms with E-state index < -0.39 is 0 Å². The quantitative estimate of drug-likeness (QED) is 0.488. The summed E-state index contributed by atoms with van der Waals surface area (Å²) in [5.41, 5.74) is 0. The molecule has 0 spiro atoms. The van der Waals surface area contributed by atoms with E-state index in [1.165, 1.54) is 19.3 Å². The second-order valence-corrected chi connectivity index (χ2v) is 7.49. The van der Waals surface area contributed by atoms with Crippen molar-refractivity contribution in [3.8, 4) is 0 Å². The third-order valence-electron chi connectivity index (χ3n) is 1.18. The molecule has 3 heteroatoms. The molecule has 1 nitrogen and oxygen atoms in total. The molecule has 0 aromatic heterocycles. The summed E-state index contributed by atoms with van der Waals surface area (Å²) in [7, 11) is 0. The maximum atomic E-state index is 5.44. The van der Waals surface area contributed by atoms with E-state index in [4.69, 9.17) is 4.74 Å². The topological polar surface area (TPSA) is 9.23 Å². The van der Waals surface area contributed by atoms with E-state index in [1.807, 2.05) is 0 Å². The van der Waals surface area contributed by atoms with Crippen LogP contribution < -0.4 is 0 Å². The average molecular weight is 338 g/mol. The first-order valence-corrected chi connectivity index (χ1v) is 4.88. The molecule has 0 unspecified atom stereocenters. The molecule has 1 rings (SSSR count). The van der Waals surface area contributed by atoms with Gasteiger partial charge in [-0.15, -0.1) is 0 Å². The van der Waals surface area contributed by atoms with Gasteiger partial charge in [0.05, 0.1) is 0 Å². The molecule has 0 atom stereocenters. The lowest BCUT2D eigenvalue weighted by Gasteiger charge is -2.25. The van der Waals surface area contributed by atoms with Crippen molar-refractivity contribution >= 4 is 45.2 Å². The van der Waals surface area contributed by atoms with Crippen LogP contribution in [0.5, 0.6) is 0 Å². The lowest BCUT2D eigenvalue weighted by atomic mass is 10.2. The molecule has 1 heterocycles.